The Labute approximate surface area is 152 Å². The number of rotatable bonds is 6. The van der Waals surface area contributed by atoms with Gasteiger partial charge in [-0.1, -0.05) is 12.5 Å². The second kappa shape index (κ2) is 7.54. The third-order valence-electron chi connectivity index (χ3n) is 5.01. The number of aromatic nitrogens is 3. The molecule has 1 atom stereocenters. The van der Waals surface area contributed by atoms with Crippen LogP contribution in [-0.4, -0.2) is 32.0 Å². The zero-order valence-electron chi connectivity index (χ0n) is 14.6. The number of likely N-dealkylation sites (tertiary alicyclic amines) is 1. The van der Waals surface area contributed by atoms with E-state index >= 15 is 0 Å². The summed E-state index contributed by atoms with van der Waals surface area (Å²) in [4.78, 5) is 12.6. The molecule has 1 saturated heterocycles. The Balaban J connectivity index is 1.44. The summed E-state index contributed by atoms with van der Waals surface area (Å²) in [7, 11) is 0. The first kappa shape index (κ1) is 16.5. The Morgan fingerprint density at radius 2 is 2.32 bits per heavy atom. The van der Waals surface area contributed by atoms with Gasteiger partial charge in [0, 0.05) is 31.5 Å². The van der Waals surface area contributed by atoms with Crippen LogP contribution in [0, 0.1) is 6.92 Å². The molecule has 3 aromatic rings. The van der Waals surface area contributed by atoms with Gasteiger partial charge in [0.15, 0.2) is 0 Å². The highest BCUT2D eigenvalue weighted by molar-refractivity contribution is 7.13. The van der Waals surface area contributed by atoms with Crippen LogP contribution in [0.3, 0.4) is 0 Å². The number of oxazole rings is 1. The van der Waals surface area contributed by atoms with Crippen molar-refractivity contribution < 1.29 is 4.42 Å². The number of aryl methyl sites for hydroxylation is 2. The molecular weight excluding hydrogens is 332 g/mol. The number of piperidine rings is 1. The summed E-state index contributed by atoms with van der Waals surface area (Å²) < 4.78 is 8.08. The fourth-order valence-corrected chi connectivity index (χ4v) is 4.23. The highest BCUT2D eigenvalue weighted by atomic mass is 32.1. The van der Waals surface area contributed by atoms with E-state index in [-0.39, 0.29) is 0 Å². The van der Waals surface area contributed by atoms with Crippen LogP contribution in [0.5, 0.6) is 0 Å². The maximum atomic E-state index is 5.91. The van der Waals surface area contributed by atoms with E-state index in [1.165, 1.54) is 19.3 Å². The third-order valence-corrected chi connectivity index (χ3v) is 5.86. The Morgan fingerprint density at radius 3 is 3.12 bits per heavy atom. The molecule has 0 spiro atoms. The average Bonchev–Trinajstić information content (AvgIpc) is 3.37. The zero-order chi connectivity index (χ0) is 17.1. The van der Waals surface area contributed by atoms with Crippen molar-refractivity contribution >= 4 is 11.3 Å². The number of imidazole rings is 1. The smallest absolute Gasteiger partial charge is 0.236 e. The van der Waals surface area contributed by atoms with E-state index in [4.69, 9.17) is 9.40 Å². The minimum Gasteiger partial charge on any atom is -0.440 e. The van der Waals surface area contributed by atoms with Gasteiger partial charge in [-0.15, -0.1) is 11.3 Å². The molecule has 6 heteroatoms. The van der Waals surface area contributed by atoms with Gasteiger partial charge in [-0.2, -0.15) is 0 Å². The van der Waals surface area contributed by atoms with E-state index in [0.29, 0.717) is 6.04 Å². The monoisotopic (exact) mass is 356 g/mol. The van der Waals surface area contributed by atoms with Gasteiger partial charge in [0.2, 0.25) is 5.89 Å². The Kier molecular flexibility index (Phi) is 4.99. The summed E-state index contributed by atoms with van der Waals surface area (Å²) in [6.45, 7) is 5.09. The van der Waals surface area contributed by atoms with E-state index in [0.717, 1.165) is 48.3 Å². The summed E-state index contributed by atoms with van der Waals surface area (Å²) >= 11 is 1.67. The molecule has 0 aromatic carbocycles. The van der Waals surface area contributed by atoms with Gasteiger partial charge < -0.3 is 8.98 Å². The van der Waals surface area contributed by atoms with Crippen LogP contribution in [0.2, 0.25) is 0 Å². The minimum absolute atomic E-state index is 0.609. The molecule has 1 aliphatic rings. The van der Waals surface area contributed by atoms with Crippen LogP contribution < -0.4 is 0 Å². The number of hydrogen-bond donors (Lipinski definition) is 0. The summed E-state index contributed by atoms with van der Waals surface area (Å²) in [6, 6.07) is 4.71. The molecule has 132 valence electrons. The molecule has 1 fully saturated rings. The fourth-order valence-electron chi connectivity index (χ4n) is 3.58. The van der Waals surface area contributed by atoms with Gasteiger partial charge >= 0.3 is 0 Å². The van der Waals surface area contributed by atoms with Crippen LogP contribution >= 0.6 is 11.3 Å². The predicted octanol–water partition coefficient (Wildman–Crippen LogP) is 4.35. The van der Waals surface area contributed by atoms with Crippen LogP contribution in [0.25, 0.3) is 10.8 Å². The van der Waals surface area contributed by atoms with Crippen molar-refractivity contribution in [2.24, 2.45) is 0 Å². The third kappa shape index (κ3) is 3.85. The SMILES string of the molecule is Cc1oc(-c2cccs2)nc1CN1CCCC[C@H]1CCn1ccnc1. The van der Waals surface area contributed by atoms with Crippen LogP contribution in [-0.2, 0) is 13.1 Å². The number of nitrogens with zero attached hydrogens (tertiary/aromatic N) is 4. The highest BCUT2D eigenvalue weighted by Gasteiger charge is 2.24. The number of hydrogen-bond acceptors (Lipinski definition) is 5. The van der Waals surface area contributed by atoms with E-state index in [1.807, 2.05) is 31.7 Å². The van der Waals surface area contributed by atoms with E-state index in [1.54, 1.807) is 11.3 Å². The fraction of sp³-hybridized carbons (Fsp3) is 0.474. The Hall–Kier alpha value is -1.92. The standard InChI is InChI=1S/C19H24N4OS/c1-15-17(21-19(24-15)18-6-4-12-25-18)13-23-9-3-2-5-16(23)7-10-22-11-8-20-14-22/h4,6,8,11-12,14,16H,2-3,5,7,9-10,13H2,1H3/t16-/m0/s1. The maximum absolute atomic E-state index is 5.91. The molecule has 0 N–H and O–H groups in total. The zero-order valence-corrected chi connectivity index (χ0v) is 15.4. The topological polar surface area (TPSA) is 47.1 Å². The average molecular weight is 356 g/mol. The van der Waals surface area contributed by atoms with Crippen molar-refractivity contribution in [3.8, 4) is 10.8 Å². The first-order chi connectivity index (χ1) is 12.3. The number of thiophene rings is 1. The lowest BCUT2D eigenvalue weighted by molar-refractivity contribution is 0.126. The van der Waals surface area contributed by atoms with Crippen molar-refractivity contribution in [1.82, 2.24) is 19.4 Å². The molecule has 0 saturated carbocycles. The van der Waals surface area contributed by atoms with E-state index < -0.39 is 0 Å². The van der Waals surface area contributed by atoms with Gasteiger partial charge in [-0.25, -0.2) is 9.97 Å². The van der Waals surface area contributed by atoms with Gasteiger partial charge in [-0.3, -0.25) is 4.90 Å². The molecular formula is C19H24N4OS. The summed E-state index contributed by atoms with van der Waals surface area (Å²) in [5.41, 5.74) is 1.08. The Bertz CT molecular complexity index is 779. The highest BCUT2D eigenvalue weighted by Crippen LogP contribution is 2.28. The van der Waals surface area contributed by atoms with Crippen molar-refractivity contribution in [2.75, 3.05) is 6.54 Å². The largest absolute Gasteiger partial charge is 0.440 e. The van der Waals surface area contributed by atoms with Crippen molar-refractivity contribution in [1.29, 1.82) is 0 Å². The molecule has 5 nitrogen and oxygen atoms in total. The first-order valence-corrected chi connectivity index (χ1v) is 9.87. The summed E-state index contributed by atoms with van der Waals surface area (Å²) in [5, 5.41) is 2.06. The Morgan fingerprint density at radius 1 is 1.36 bits per heavy atom. The molecule has 25 heavy (non-hydrogen) atoms. The lowest BCUT2D eigenvalue weighted by Crippen LogP contribution is -2.39. The molecule has 3 aromatic heterocycles. The summed E-state index contributed by atoms with van der Waals surface area (Å²) in [6.07, 6.45) is 10.8. The van der Waals surface area contributed by atoms with E-state index in [9.17, 15) is 0 Å². The molecule has 1 aliphatic heterocycles. The second-order valence-corrected chi connectivity index (χ2v) is 7.66. The molecule has 0 radical (unpaired) electrons. The quantitative estimate of drug-likeness (QED) is 0.659. The van der Waals surface area contributed by atoms with Crippen molar-refractivity contribution in [3.63, 3.8) is 0 Å². The van der Waals surface area contributed by atoms with E-state index in [2.05, 4.69) is 25.9 Å². The van der Waals surface area contributed by atoms with Crippen LogP contribution in [0.4, 0.5) is 0 Å². The normalized spacial score (nSPS) is 18.7. The molecule has 4 heterocycles. The summed E-state index contributed by atoms with van der Waals surface area (Å²) in [5.74, 6) is 1.71. The van der Waals surface area contributed by atoms with Gasteiger partial charge in [0.1, 0.15) is 5.76 Å². The van der Waals surface area contributed by atoms with Crippen LogP contribution in [0.1, 0.15) is 37.1 Å². The minimum atomic E-state index is 0.609. The first-order valence-electron chi connectivity index (χ1n) is 8.99. The molecule has 0 aliphatic carbocycles. The lowest BCUT2D eigenvalue weighted by atomic mass is 9.99. The maximum Gasteiger partial charge on any atom is 0.236 e. The lowest BCUT2D eigenvalue weighted by Gasteiger charge is -2.35. The van der Waals surface area contributed by atoms with Gasteiger partial charge in [-0.05, 0) is 44.2 Å². The molecule has 0 amide bonds. The van der Waals surface area contributed by atoms with Crippen molar-refractivity contribution in [3.05, 3.63) is 47.7 Å². The van der Waals surface area contributed by atoms with Gasteiger partial charge in [0.05, 0.1) is 16.9 Å². The molecule has 0 unspecified atom stereocenters. The van der Waals surface area contributed by atoms with Crippen LogP contribution in [0.15, 0.2) is 40.7 Å². The molecule has 4 rings (SSSR count). The van der Waals surface area contributed by atoms with Gasteiger partial charge in [0.25, 0.3) is 0 Å². The van der Waals surface area contributed by atoms with Crippen molar-refractivity contribution in [2.45, 2.75) is 51.7 Å². The molecule has 0 bridgehead atoms. The second-order valence-electron chi connectivity index (χ2n) is 6.71. The predicted molar refractivity (Wildman–Crippen MR) is 99.4 cm³/mol.